The number of nitrogens with one attached hydrogen (secondary N) is 1. The number of aryl methyl sites for hydroxylation is 1. The molecule has 4 aromatic rings. The van der Waals surface area contributed by atoms with Crippen LogP contribution in [-0.4, -0.2) is 70.5 Å². The van der Waals surface area contributed by atoms with Crippen LogP contribution in [0.4, 0.5) is 5.82 Å². The Morgan fingerprint density at radius 3 is 2.62 bits per heavy atom. The molecule has 2 aromatic heterocycles. The summed E-state index contributed by atoms with van der Waals surface area (Å²) in [4.78, 5) is 14.9. The maximum atomic E-state index is 7.22. The van der Waals surface area contributed by atoms with Crippen LogP contribution < -0.4 is 14.4 Å². The Morgan fingerprint density at radius 1 is 1.05 bits per heavy atom. The van der Waals surface area contributed by atoms with Crippen molar-refractivity contribution >= 4 is 39.2 Å². The number of ether oxygens (including phenoxy) is 2. The highest BCUT2D eigenvalue weighted by Gasteiger charge is 2.39. The molecular formula is C31H35ClN6O2. The molecule has 208 valence electrons. The van der Waals surface area contributed by atoms with Gasteiger partial charge in [0.2, 0.25) is 0 Å². The maximum Gasteiger partial charge on any atom is 0.319 e. The number of benzene rings is 2. The zero-order chi connectivity index (χ0) is 27.0. The number of hydrogen-bond acceptors (Lipinski definition) is 7. The number of hydrogen-bond donors (Lipinski definition) is 1. The van der Waals surface area contributed by atoms with Gasteiger partial charge in [-0.05, 0) is 88.6 Å². The van der Waals surface area contributed by atoms with E-state index in [4.69, 9.17) is 31.0 Å². The second kappa shape index (κ2) is 9.48. The summed E-state index contributed by atoms with van der Waals surface area (Å²) in [7, 11) is 2.17. The summed E-state index contributed by atoms with van der Waals surface area (Å²) in [6.07, 6.45) is 9.10. The first-order valence-corrected chi connectivity index (χ1v) is 15.1. The van der Waals surface area contributed by atoms with Crippen LogP contribution in [-0.2, 0) is 0 Å². The molecule has 2 saturated carbocycles. The third-order valence-corrected chi connectivity index (χ3v) is 9.71. The van der Waals surface area contributed by atoms with E-state index in [-0.39, 0.29) is 6.10 Å². The van der Waals surface area contributed by atoms with Gasteiger partial charge in [-0.3, -0.25) is 5.10 Å². The summed E-state index contributed by atoms with van der Waals surface area (Å²) in [6, 6.07) is 7.03. The summed E-state index contributed by atoms with van der Waals surface area (Å²) < 4.78 is 13.1. The van der Waals surface area contributed by atoms with Gasteiger partial charge in [0.25, 0.3) is 0 Å². The van der Waals surface area contributed by atoms with Gasteiger partial charge in [0.15, 0.2) is 5.75 Å². The molecule has 0 unspecified atom stereocenters. The molecule has 5 heterocycles. The van der Waals surface area contributed by atoms with E-state index in [2.05, 4.69) is 52.2 Å². The highest BCUT2D eigenvalue weighted by molar-refractivity contribution is 6.35. The fourth-order valence-electron chi connectivity index (χ4n) is 7.04. The van der Waals surface area contributed by atoms with Crippen molar-refractivity contribution in [2.24, 2.45) is 11.8 Å². The lowest BCUT2D eigenvalue weighted by Gasteiger charge is -2.47. The van der Waals surface area contributed by atoms with Crippen molar-refractivity contribution in [2.75, 3.05) is 38.2 Å². The Labute approximate surface area is 239 Å². The Balaban J connectivity index is 1.33. The average molecular weight is 559 g/mol. The van der Waals surface area contributed by atoms with E-state index in [0.29, 0.717) is 23.7 Å². The van der Waals surface area contributed by atoms with Gasteiger partial charge >= 0.3 is 6.01 Å². The zero-order valence-corrected chi connectivity index (χ0v) is 23.9. The number of likely N-dealkylation sites (tertiary alicyclic amines) is 1. The molecule has 2 aliphatic carbocycles. The van der Waals surface area contributed by atoms with Gasteiger partial charge < -0.3 is 19.3 Å². The number of rotatable bonds is 7. The molecule has 2 bridgehead atoms. The van der Waals surface area contributed by atoms with Crippen LogP contribution in [0, 0.1) is 18.8 Å². The van der Waals surface area contributed by atoms with E-state index in [0.717, 1.165) is 101 Å². The van der Waals surface area contributed by atoms with E-state index in [9.17, 15) is 0 Å². The number of fused-ring (bicyclic) bond motifs is 4. The van der Waals surface area contributed by atoms with Gasteiger partial charge in [-0.1, -0.05) is 17.7 Å². The number of aromatic nitrogens is 4. The molecule has 3 aliphatic heterocycles. The van der Waals surface area contributed by atoms with Crippen LogP contribution >= 0.6 is 11.6 Å². The molecule has 3 saturated heterocycles. The van der Waals surface area contributed by atoms with Crippen LogP contribution in [0.3, 0.4) is 0 Å². The molecule has 2 aromatic carbocycles. The second-order valence-electron chi connectivity index (χ2n) is 12.4. The van der Waals surface area contributed by atoms with Crippen molar-refractivity contribution in [3.8, 4) is 22.9 Å². The van der Waals surface area contributed by atoms with E-state index >= 15 is 0 Å². The number of piperidine rings is 2. The van der Waals surface area contributed by atoms with Crippen molar-refractivity contribution < 1.29 is 9.47 Å². The van der Waals surface area contributed by atoms with E-state index < -0.39 is 0 Å². The molecule has 5 fully saturated rings. The van der Waals surface area contributed by atoms with E-state index in [1.54, 1.807) is 0 Å². The summed E-state index contributed by atoms with van der Waals surface area (Å²) in [6.45, 7) is 5.83. The predicted octanol–water partition coefficient (Wildman–Crippen LogP) is 6.00. The number of anilines is 1. The SMILES string of the molecule is Cc1ccc2[nH]ncc2c1-c1c(Cl)cc2c(N3CC4CC(C4)C3)nc(OC[C@@H]3CCCN3C)nc2c1OC1CC1. The number of likely N-dealkylation sites (N-methyl/N-ethyl adjacent to an activating group) is 1. The third kappa shape index (κ3) is 4.18. The summed E-state index contributed by atoms with van der Waals surface area (Å²) in [5, 5.41) is 10.0. The predicted molar refractivity (Wildman–Crippen MR) is 158 cm³/mol. The molecule has 1 atom stereocenters. The van der Waals surface area contributed by atoms with Crippen molar-refractivity contribution in [1.82, 2.24) is 25.1 Å². The first-order chi connectivity index (χ1) is 19.5. The molecule has 9 heteroatoms. The first kappa shape index (κ1) is 24.7. The maximum absolute atomic E-state index is 7.22. The minimum Gasteiger partial charge on any atom is -0.487 e. The molecule has 5 aliphatic rings. The fraction of sp³-hybridized carbons (Fsp3) is 0.516. The van der Waals surface area contributed by atoms with E-state index in [1.807, 2.05) is 6.20 Å². The Morgan fingerprint density at radius 2 is 1.88 bits per heavy atom. The van der Waals surface area contributed by atoms with Gasteiger partial charge in [-0.25, -0.2) is 0 Å². The molecule has 40 heavy (non-hydrogen) atoms. The van der Waals surface area contributed by atoms with Gasteiger partial charge in [0, 0.05) is 41.0 Å². The highest BCUT2D eigenvalue weighted by Crippen LogP contribution is 2.50. The lowest BCUT2D eigenvalue weighted by Crippen LogP contribution is -2.49. The second-order valence-corrected chi connectivity index (χ2v) is 12.8. The van der Waals surface area contributed by atoms with Gasteiger partial charge in [0.1, 0.15) is 17.9 Å². The highest BCUT2D eigenvalue weighted by atomic mass is 35.5. The minimum absolute atomic E-state index is 0.168. The zero-order valence-electron chi connectivity index (χ0n) is 23.1. The topological polar surface area (TPSA) is 79.4 Å². The molecule has 1 N–H and O–H groups in total. The Kier molecular flexibility index (Phi) is 5.85. The van der Waals surface area contributed by atoms with Crippen molar-refractivity contribution in [3.05, 3.63) is 35.0 Å². The largest absolute Gasteiger partial charge is 0.487 e. The molecule has 8 nitrogen and oxygen atoms in total. The van der Waals surface area contributed by atoms with Crippen molar-refractivity contribution in [2.45, 2.75) is 57.6 Å². The quantitative estimate of drug-likeness (QED) is 0.298. The van der Waals surface area contributed by atoms with Crippen LogP contribution in [0.5, 0.6) is 11.8 Å². The van der Waals surface area contributed by atoms with Crippen LogP contribution in [0.15, 0.2) is 24.4 Å². The van der Waals surface area contributed by atoms with Gasteiger partial charge in [0.05, 0.1) is 22.8 Å². The van der Waals surface area contributed by atoms with Crippen molar-refractivity contribution in [1.29, 1.82) is 0 Å². The van der Waals surface area contributed by atoms with Gasteiger partial charge in [-0.15, -0.1) is 0 Å². The average Bonchev–Trinajstić information content (AvgIpc) is 3.46. The monoisotopic (exact) mass is 558 g/mol. The minimum atomic E-state index is 0.168. The third-order valence-electron chi connectivity index (χ3n) is 9.41. The number of H-pyrrole nitrogens is 1. The summed E-state index contributed by atoms with van der Waals surface area (Å²) in [5.41, 5.74) is 4.77. The molecule has 0 amide bonds. The molecule has 9 rings (SSSR count). The molecule has 0 radical (unpaired) electrons. The smallest absolute Gasteiger partial charge is 0.319 e. The van der Waals surface area contributed by atoms with Gasteiger partial charge in [-0.2, -0.15) is 15.1 Å². The lowest BCUT2D eigenvalue weighted by atomic mass is 9.71. The standard InChI is InChI=1S/C31H35ClN6O2/c1-17-5-8-25-23(13-33-36-25)26(17)27-24(32)12-22-28(29(27)40-21-6-7-21)34-31(39-16-20-4-3-9-37(20)2)35-30(22)38-14-18-10-19(11-18)15-38/h5,8,12-13,18-21H,3-4,6-7,9-11,14-16H2,1-2H3,(H,33,36)/t18?,19?,20-/m0/s1. The van der Waals surface area contributed by atoms with Crippen molar-refractivity contribution in [3.63, 3.8) is 0 Å². The van der Waals surface area contributed by atoms with Crippen LogP contribution in [0.25, 0.3) is 32.9 Å². The number of nitrogens with zero attached hydrogens (tertiary/aromatic N) is 5. The molecular weight excluding hydrogens is 524 g/mol. The van der Waals surface area contributed by atoms with Crippen LogP contribution in [0.2, 0.25) is 5.02 Å². The number of aromatic amines is 1. The lowest BCUT2D eigenvalue weighted by molar-refractivity contribution is 0.158. The Hall–Kier alpha value is -3.10. The van der Waals surface area contributed by atoms with Crippen LogP contribution in [0.1, 0.15) is 44.1 Å². The summed E-state index contributed by atoms with van der Waals surface area (Å²) >= 11 is 7.22. The Bertz CT molecular complexity index is 1600. The van der Waals surface area contributed by atoms with E-state index in [1.165, 1.54) is 19.3 Å². The summed E-state index contributed by atoms with van der Waals surface area (Å²) in [5.74, 6) is 3.12. The normalized spacial score (nSPS) is 24.6. The first-order valence-electron chi connectivity index (χ1n) is 14.7. The molecule has 0 spiro atoms. The fourth-order valence-corrected chi connectivity index (χ4v) is 7.33. The number of halogens is 1.